The molecule has 0 aromatic heterocycles. The Hall–Kier alpha value is -2.95. The number of likely N-dealkylation sites (N-methyl/N-ethyl adjacent to an activating group) is 1. The van der Waals surface area contributed by atoms with Gasteiger partial charge >= 0.3 is 6.09 Å². The van der Waals surface area contributed by atoms with Crippen molar-refractivity contribution in [2.75, 3.05) is 26.5 Å². The van der Waals surface area contributed by atoms with Crippen LogP contribution in [-0.2, 0) is 25.5 Å². The second-order valence-electron chi connectivity index (χ2n) is 11.5. The van der Waals surface area contributed by atoms with Crippen molar-refractivity contribution in [3.63, 3.8) is 0 Å². The molecule has 0 bridgehead atoms. The Bertz CT molecular complexity index is 962. The largest absolute Gasteiger partial charge is 0.497 e. The van der Waals surface area contributed by atoms with Gasteiger partial charge < -0.3 is 30.7 Å². The summed E-state index contributed by atoms with van der Waals surface area (Å²) < 4.78 is 10.5. The second kappa shape index (κ2) is 17.0. The molecule has 0 aliphatic rings. The van der Waals surface area contributed by atoms with Gasteiger partial charge in [-0.3, -0.25) is 14.4 Å². The van der Waals surface area contributed by atoms with Crippen molar-refractivity contribution in [1.82, 2.24) is 21.3 Å². The lowest BCUT2D eigenvalue weighted by atomic mass is 10.0. The number of rotatable bonds is 15. The van der Waals surface area contributed by atoms with Crippen LogP contribution in [0.5, 0.6) is 5.75 Å². The maximum atomic E-state index is 13.4. The molecule has 1 rings (SSSR count). The summed E-state index contributed by atoms with van der Waals surface area (Å²) in [6, 6.07) is 5.56. The van der Waals surface area contributed by atoms with E-state index in [4.69, 9.17) is 9.47 Å². The zero-order chi connectivity index (χ0) is 30.5. The Morgan fingerprint density at radius 1 is 0.875 bits per heavy atom. The van der Waals surface area contributed by atoms with Gasteiger partial charge in [-0.2, -0.15) is 0 Å². The smallest absolute Gasteiger partial charge is 0.407 e. The van der Waals surface area contributed by atoms with Crippen molar-refractivity contribution in [2.45, 2.75) is 84.2 Å². The van der Waals surface area contributed by atoms with Gasteiger partial charge in [0.15, 0.2) is 0 Å². The van der Waals surface area contributed by atoms with Gasteiger partial charge in [0, 0.05) is 20.0 Å². The van der Waals surface area contributed by atoms with E-state index in [0.29, 0.717) is 23.8 Å². The minimum absolute atomic E-state index is 0.0481. The quantitative estimate of drug-likeness (QED) is 0.250. The molecule has 11 heteroatoms. The third kappa shape index (κ3) is 13.9. The molecule has 0 saturated heterocycles. The first kappa shape index (κ1) is 35.1. The summed E-state index contributed by atoms with van der Waals surface area (Å²) in [5.41, 5.74) is 0.179. The van der Waals surface area contributed by atoms with Gasteiger partial charge in [-0.15, -0.1) is 11.8 Å². The van der Waals surface area contributed by atoms with E-state index >= 15 is 0 Å². The van der Waals surface area contributed by atoms with Crippen LogP contribution >= 0.6 is 11.8 Å². The third-order valence-electron chi connectivity index (χ3n) is 5.57. The molecular formula is C29H48N4O6S. The number of methoxy groups -OCH3 is 1. The number of thioether (sulfide) groups is 1. The molecule has 0 aliphatic heterocycles. The number of nitrogens with one attached hydrogen (secondary N) is 4. The lowest BCUT2D eigenvalue weighted by molar-refractivity contribution is -0.132. The molecule has 10 nitrogen and oxygen atoms in total. The topological polar surface area (TPSA) is 135 Å². The van der Waals surface area contributed by atoms with Crippen LogP contribution in [0.25, 0.3) is 0 Å². The maximum Gasteiger partial charge on any atom is 0.407 e. The van der Waals surface area contributed by atoms with Gasteiger partial charge in [0.25, 0.3) is 0 Å². The van der Waals surface area contributed by atoms with E-state index < -0.39 is 34.9 Å². The second-order valence-corrected chi connectivity index (χ2v) is 12.8. The van der Waals surface area contributed by atoms with E-state index in [2.05, 4.69) is 21.3 Å². The van der Waals surface area contributed by atoms with Crippen LogP contribution in [0.2, 0.25) is 0 Å². The Morgan fingerprint density at radius 2 is 1.48 bits per heavy atom. The molecule has 40 heavy (non-hydrogen) atoms. The molecule has 1 unspecified atom stereocenters. The van der Waals surface area contributed by atoms with Crippen molar-refractivity contribution in [3.05, 3.63) is 29.8 Å². The lowest BCUT2D eigenvalue weighted by Gasteiger charge is -2.26. The van der Waals surface area contributed by atoms with Gasteiger partial charge in [-0.1, -0.05) is 39.8 Å². The highest BCUT2D eigenvalue weighted by molar-refractivity contribution is 8.00. The minimum atomic E-state index is -0.862. The number of hydrogen-bond donors (Lipinski definition) is 4. The zero-order valence-electron chi connectivity index (χ0n) is 25.4. The maximum absolute atomic E-state index is 13.4. The van der Waals surface area contributed by atoms with Crippen molar-refractivity contribution >= 4 is 35.6 Å². The van der Waals surface area contributed by atoms with Crippen LogP contribution in [0.3, 0.4) is 0 Å². The molecule has 3 atom stereocenters. The van der Waals surface area contributed by atoms with Crippen LogP contribution in [0, 0.1) is 11.8 Å². The highest BCUT2D eigenvalue weighted by Gasteiger charge is 2.30. The summed E-state index contributed by atoms with van der Waals surface area (Å²) >= 11 is 1.41. The summed E-state index contributed by atoms with van der Waals surface area (Å²) in [7, 11) is 3.09. The van der Waals surface area contributed by atoms with Crippen LogP contribution < -0.4 is 26.0 Å². The molecule has 4 amide bonds. The predicted molar refractivity (Wildman–Crippen MR) is 159 cm³/mol. The molecule has 4 N–H and O–H groups in total. The average Bonchev–Trinajstić information content (AvgIpc) is 2.86. The van der Waals surface area contributed by atoms with Gasteiger partial charge in [0.05, 0.1) is 7.11 Å². The molecule has 0 saturated carbocycles. The highest BCUT2D eigenvalue weighted by atomic mass is 32.2. The number of amides is 4. The fourth-order valence-corrected chi connectivity index (χ4v) is 4.68. The standard InChI is InChI=1S/C29H48N4O6S/c1-18(2)14-22(26(35)32-23(25(34)30-8)15-20-10-12-21(38-9)13-11-20)33-27(36)24(40-17-19(3)4)16-31-28(37)39-29(5,6)7/h10-13,18-19,22-24H,14-17H2,1-9H3,(H,30,34)(H,31,37)(H,32,35)(H,33,36)/t22-,23-,24?/m0/s1. The Balaban J connectivity index is 3.03. The molecular weight excluding hydrogens is 532 g/mol. The van der Waals surface area contributed by atoms with Crippen molar-refractivity contribution in [3.8, 4) is 5.75 Å². The highest BCUT2D eigenvalue weighted by Crippen LogP contribution is 2.17. The van der Waals surface area contributed by atoms with Gasteiger partial charge in [0.1, 0.15) is 28.7 Å². The Labute approximate surface area is 243 Å². The van der Waals surface area contributed by atoms with E-state index in [1.165, 1.54) is 18.8 Å². The fraction of sp³-hybridized carbons (Fsp3) is 0.655. The zero-order valence-corrected chi connectivity index (χ0v) is 26.2. The summed E-state index contributed by atoms with van der Waals surface area (Å²) in [5, 5.41) is 10.3. The van der Waals surface area contributed by atoms with Crippen molar-refractivity contribution in [2.24, 2.45) is 11.8 Å². The van der Waals surface area contributed by atoms with Crippen LogP contribution in [-0.4, -0.2) is 73.2 Å². The summed E-state index contributed by atoms with van der Waals surface area (Å²) in [6.45, 7) is 13.3. The molecule has 1 aromatic rings. The molecule has 1 aromatic carbocycles. The summed E-state index contributed by atoms with van der Waals surface area (Å²) in [4.78, 5) is 51.7. The molecule has 0 spiro atoms. The van der Waals surface area contributed by atoms with Crippen LogP contribution in [0.1, 0.15) is 60.5 Å². The normalized spacial score (nSPS) is 13.7. The first-order valence-corrected chi connectivity index (χ1v) is 14.7. The molecule has 0 radical (unpaired) electrons. The number of hydrogen-bond acceptors (Lipinski definition) is 7. The number of carbonyl (C=O) groups is 4. The SMILES string of the molecule is CNC(=O)[C@H](Cc1ccc(OC)cc1)NC(=O)[C@H](CC(C)C)NC(=O)C(CNC(=O)OC(C)(C)C)SCC(C)C. The monoisotopic (exact) mass is 580 g/mol. The average molecular weight is 581 g/mol. The van der Waals surface area contributed by atoms with Crippen molar-refractivity contribution in [1.29, 1.82) is 0 Å². The minimum Gasteiger partial charge on any atom is -0.497 e. The predicted octanol–water partition coefficient (Wildman–Crippen LogP) is 3.28. The van der Waals surface area contributed by atoms with E-state index in [1.807, 2.05) is 39.8 Å². The van der Waals surface area contributed by atoms with E-state index in [0.717, 1.165) is 5.56 Å². The molecule has 226 valence electrons. The Kier molecular flexibility index (Phi) is 14.9. The molecule has 0 aliphatic carbocycles. The number of alkyl carbamates (subject to hydrolysis) is 1. The Morgan fingerprint density at radius 3 is 1.98 bits per heavy atom. The summed E-state index contributed by atoms with van der Waals surface area (Å²) in [5.74, 6) is 0.641. The number of ether oxygens (including phenoxy) is 2. The first-order valence-electron chi connectivity index (χ1n) is 13.7. The van der Waals surface area contributed by atoms with Crippen LogP contribution in [0.4, 0.5) is 4.79 Å². The van der Waals surface area contributed by atoms with Gasteiger partial charge in [-0.05, 0) is 62.5 Å². The van der Waals surface area contributed by atoms with E-state index in [-0.39, 0.29) is 30.7 Å². The van der Waals surface area contributed by atoms with E-state index in [1.54, 1.807) is 40.0 Å². The fourth-order valence-electron chi connectivity index (χ4n) is 3.65. The lowest BCUT2D eigenvalue weighted by Crippen LogP contribution is -2.56. The van der Waals surface area contributed by atoms with E-state index in [9.17, 15) is 19.2 Å². The third-order valence-corrected chi connectivity index (χ3v) is 7.21. The molecule has 0 heterocycles. The van der Waals surface area contributed by atoms with Crippen LogP contribution in [0.15, 0.2) is 24.3 Å². The molecule has 0 fully saturated rings. The number of benzene rings is 1. The first-order chi connectivity index (χ1) is 18.6. The summed E-state index contributed by atoms with van der Waals surface area (Å²) in [6.07, 6.45) is 0.0327. The van der Waals surface area contributed by atoms with Gasteiger partial charge in [0.2, 0.25) is 17.7 Å². The number of carbonyl (C=O) groups excluding carboxylic acids is 4. The van der Waals surface area contributed by atoms with Crippen molar-refractivity contribution < 1.29 is 28.7 Å². The van der Waals surface area contributed by atoms with Gasteiger partial charge in [-0.25, -0.2) is 4.79 Å².